The van der Waals surface area contributed by atoms with Gasteiger partial charge in [0.15, 0.2) is 0 Å². The number of allylic oxidation sites excluding steroid dienone is 5. The molecule has 0 aliphatic heterocycles. The lowest BCUT2D eigenvalue weighted by Crippen LogP contribution is -2.25. The Morgan fingerprint density at radius 2 is 1.59 bits per heavy atom. The summed E-state index contributed by atoms with van der Waals surface area (Å²) in [5, 5.41) is 0. The maximum absolute atomic E-state index is 12.6. The highest BCUT2D eigenvalue weighted by molar-refractivity contribution is 6.14. The van der Waals surface area contributed by atoms with Crippen molar-refractivity contribution in [2.45, 2.75) is 66.7 Å². The van der Waals surface area contributed by atoms with Crippen LogP contribution >= 0.6 is 0 Å². The van der Waals surface area contributed by atoms with E-state index in [9.17, 15) is 9.59 Å². The van der Waals surface area contributed by atoms with Crippen LogP contribution in [0.3, 0.4) is 0 Å². The lowest BCUT2D eigenvalue weighted by molar-refractivity contribution is -0.148. The van der Waals surface area contributed by atoms with Crippen molar-refractivity contribution in [3.8, 4) is 0 Å². The Morgan fingerprint density at radius 1 is 1.00 bits per heavy atom. The summed E-state index contributed by atoms with van der Waals surface area (Å²) < 4.78 is 10.7. The molecule has 0 radical (unpaired) electrons. The van der Waals surface area contributed by atoms with Gasteiger partial charge >= 0.3 is 11.9 Å². The fourth-order valence-electron chi connectivity index (χ4n) is 2.88. The van der Waals surface area contributed by atoms with E-state index in [0.717, 1.165) is 32.1 Å². The standard InChI is InChI=1S/C23H36O4/c1-6-7-9-12-23(13-10-8-11-14-23)15-20(21(24)26-16-18(2)3)22(25)27-17-19(4)5/h8,10-11,13,15,18-19H,6-7,9,12,14,16-17H2,1-5H3. The summed E-state index contributed by atoms with van der Waals surface area (Å²) in [6.45, 7) is 10.6. The molecule has 0 spiro atoms. The Morgan fingerprint density at radius 3 is 2.04 bits per heavy atom. The number of carbonyl (C=O) groups is 2. The molecule has 1 atom stereocenters. The van der Waals surface area contributed by atoms with Crippen molar-refractivity contribution in [1.82, 2.24) is 0 Å². The van der Waals surface area contributed by atoms with Gasteiger partial charge in [0.25, 0.3) is 0 Å². The second-order valence-corrected chi connectivity index (χ2v) is 8.22. The summed E-state index contributed by atoms with van der Waals surface area (Å²) >= 11 is 0. The zero-order valence-electron chi connectivity index (χ0n) is 17.6. The second kappa shape index (κ2) is 11.8. The largest absolute Gasteiger partial charge is 0.462 e. The molecule has 1 rings (SSSR count). The number of esters is 2. The molecule has 0 heterocycles. The average molecular weight is 377 g/mol. The van der Waals surface area contributed by atoms with Gasteiger partial charge in [-0.2, -0.15) is 0 Å². The normalized spacial score (nSPS) is 18.6. The third-order valence-electron chi connectivity index (χ3n) is 4.39. The Bertz CT molecular complexity index is 543. The van der Waals surface area contributed by atoms with Crippen LogP contribution in [0.1, 0.15) is 66.7 Å². The molecule has 1 aliphatic carbocycles. The van der Waals surface area contributed by atoms with E-state index in [1.54, 1.807) is 6.08 Å². The van der Waals surface area contributed by atoms with E-state index in [-0.39, 0.29) is 36.0 Å². The zero-order valence-corrected chi connectivity index (χ0v) is 17.6. The summed E-state index contributed by atoms with van der Waals surface area (Å²) in [5.41, 5.74) is -0.319. The van der Waals surface area contributed by atoms with Crippen LogP contribution in [0.15, 0.2) is 36.0 Å². The van der Waals surface area contributed by atoms with Gasteiger partial charge in [-0.15, -0.1) is 0 Å². The molecule has 0 aromatic heterocycles. The lowest BCUT2D eigenvalue weighted by atomic mass is 9.76. The molecule has 0 aromatic carbocycles. The zero-order chi connectivity index (χ0) is 20.3. The molecule has 0 saturated heterocycles. The van der Waals surface area contributed by atoms with E-state index < -0.39 is 11.9 Å². The maximum atomic E-state index is 12.6. The Hall–Kier alpha value is -1.84. The average Bonchev–Trinajstić information content (AvgIpc) is 2.63. The highest BCUT2D eigenvalue weighted by Gasteiger charge is 2.31. The highest BCUT2D eigenvalue weighted by Crippen LogP contribution is 2.37. The first-order chi connectivity index (χ1) is 12.8. The number of carbonyl (C=O) groups excluding carboxylic acids is 2. The minimum atomic E-state index is -0.588. The van der Waals surface area contributed by atoms with Crippen molar-refractivity contribution >= 4 is 11.9 Å². The number of ether oxygens (including phenoxy) is 2. The van der Waals surface area contributed by atoms with Crippen LogP contribution in [0.4, 0.5) is 0 Å². The monoisotopic (exact) mass is 376 g/mol. The van der Waals surface area contributed by atoms with Crippen molar-refractivity contribution in [2.75, 3.05) is 13.2 Å². The summed E-state index contributed by atoms with van der Waals surface area (Å²) in [7, 11) is 0. The van der Waals surface area contributed by atoms with E-state index in [1.807, 2.05) is 39.8 Å². The molecule has 0 N–H and O–H groups in total. The first kappa shape index (κ1) is 23.2. The second-order valence-electron chi connectivity index (χ2n) is 8.22. The van der Waals surface area contributed by atoms with Crippen LogP contribution in [-0.4, -0.2) is 25.2 Å². The fourth-order valence-corrected chi connectivity index (χ4v) is 2.88. The molecular formula is C23H36O4. The quantitative estimate of drug-likeness (QED) is 0.159. The highest BCUT2D eigenvalue weighted by atomic mass is 16.6. The van der Waals surface area contributed by atoms with Gasteiger partial charge in [0.1, 0.15) is 5.57 Å². The smallest absolute Gasteiger partial charge is 0.345 e. The number of rotatable bonds is 11. The molecule has 152 valence electrons. The minimum Gasteiger partial charge on any atom is -0.462 e. The topological polar surface area (TPSA) is 52.6 Å². The minimum absolute atomic E-state index is 0.0211. The molecule has 0 bridgehead atoms. The molecule has 0 amide bonds. The van der Waals surface area contributed by atoms with Crippen molar-refractivity contribution < 1.29 is 19.1 Å². The summed E-state index contributed by atoms with van der Waals surface area (Å²) in [4.78, 5) is 25.3. The van der Waals surface area contributed by atoms with Crippen molar-refractivity contribution in [1.29, 1.82) is 0 Å². The number of hydrogen-bond donors (Lipinski definition) is 0. The fraction of sp³-hybridized carbons (Fsp3) is 0.652. The van der Waals surface area contributed by atoms with E-state index >= 15 is 0 Å². The lowest BCUT2D eigenvalue weighted by Gasteiger charge is -2.29. The van der Waals surface area contributed by atoms with Gasteiger partial charge in [-0.05, 0) is 24.7 Å². The van der Waals surface area contributed by atoms with Gasteiger partial charge in [0, 0.05) is 5.41 Å². The molecule has 1 unspecified atom stereocenters. The molecular weight excluding hydrogens is 340 g/mol. The van der Waals surface area contributed by atoms with Gasteiger partial charge < -0.3 is 9.47 Å². The van der Waals surface area contributed by atoms with E-state index in [2.05, 4.69) is 19.1 Å². The summed E-state index contributed by atoms with van der Waals surface area (Å²) in [5.74, 6) is -0.763. The van der Waals surface area contributed by atoms with Crippen molar-refractivity contribution in [3.05, 3.63) is 36.0 Å². The summed E-state index contributed by atoms with van der Waals surface area (Å²) in [6, 6.07) is 0. The predicted octanol–water partition coefficient (Wildman–Crippen LogP) is 5.39. The van der Waals surface area contributed by atoms with E-state index in [4.69, 9.17) is 9.47 Å². The van der Waals surface area contributed by atoms with Gasteiger partial charge in [0.05, 0.1) is 13.2 Å². The molecule has 4 heteroatoms. The number of hydrogen-bond acceptors (Lipinski definition) is 4. The van der Waals surface area contributed by atoms with Crippen LogP contribution in [-0.2, 0) is 19.1 Å². The maximum Gasteiger partial charge on any atom is 0.345 e. The van der Waals surface area contributed by atoms with E-state index in [0.29, 0.717) is 0 Å². The van der Waals surface area contributed by atoms with Crippen LogP contribution in [0.25, 0.3) is 0 Å². The van der Waals surface area contributed by atoms with Crippen LogP contribution in [0.5, 0.6) is 0 Å². The van der Waals surface area contributed by atoms with Crippen molar-refractivity contribution in [3.63, 3.8) is 0 Å². The Labute approximate surface area is 164 Å². The molecule has 0 saturated carbocycles. The van der Waals surface area contributed by atoms with E-state index in [1.165, 1.54) is 0 Å². The van der Waals surface area contributed by atoms with Gasteiger partial charge in [-0.3, -0.25) is 0 Å². The van der Waals surface area contributed by atoms with Crippen LogP contribution in [0, 0.1) is 17.3 Å². The molecule has 0 fully saturated rings. The molecule has 0 aromatic rings. The SMILES string of the molecule is CCCCCC1(C=C(C(=O)OCC(C)C)C(=O)OCC(C)C)C=CC=CC1. The summed E-state index contributed by atoms with van der Waals surface area (Å²) in [6.07, 6.45) is 14.9. The first-order valence-electron chi connectivity index (χ1n) is 10.2. The number of unbranched alkanes of at least 4 members (excludes halogenated alkanes) is 2. The van der Waals surface area contributed by atoms with Crippen LogP contribution in [0.2, 0.25) is 0 Å². The predicted molar refractivity (Wildman–Crippen MR) is 109 cm³/mol. The van der Waals surface area contributed by atoms with Crippen LogP contribution < -0.4 is 0 Å². The van der Waals surface area contributed by atoms with Crippen molar-refractivity contribution in [2.24, 2.45) is 17.3 Å². The van der Waals surface area contributed by atoms with Gasteiger partial charge in [-0.1, -0.05) is 84.3 Å². The Balaban J connectivity index is 3.10. The molecule has 27 heavy (non-hydrogen) atoms. The van der Waals surface area contributed by atoms with Gasteiger partial charge in [-0.25, -0.2) is 9.59 Å². The molecule has 1 aliphatic rings. The third kappa shape index (κ3) is 8.59. The third-order valence-corrected chi connectivity index (χ3v) is 4.39. The van der Waals surface area contributed by atoms with Gasteiger partial charge in [0.2, 0.25) is 0 Å². The first-order valence-corrected chi connectivity index (χ1v) is 10.2. The molecule has 4 nitrogen and oxygen atoms in total. The Kier molecular flexibility index (Phi) is 10.1.